The first-order valence-electron chi connectivity index (χ1n) is 7.06. The molecule has 1 atom stereocenters. The number of unbranched alkanes of at least 4 members (excludes halogenated alkanes) is 1. The van der Waals surface area contributed by atoms with Crippen molar-refractivity contribution in [3.8, 4) is 0 Å². The van der Waals surface area contributed by atoms with Gasteiger partial charge < -0.3 is 10.2 Å². The van der Waals surface area contributed by atoms with Gasteiger partial charge in [0.15, 0.2) is 0 Å². The summed E-state index contributed by atoms with van der Waals surface area (Å²) in [6.07, 6.45) is 3.18. The number of aliphatic carboxylic acids is 2. The predicted molar refractivity (Wildman–Crippen MR) is 76.9 cm³/mol. The van der Waals surface area contributed by atoms with Crippen molar-refractivity contribution in [1.29, 1.82) is 0 Å². The molecule has 0 heterocycles. The quantitative estimate of drug-likeness (QED) is 0.678. The van der Waals surface area contributed by atoms with Gasteiger partial charge in [0.2, 0.25) is 0 Å². The Morgan fingerprint density at radius 2 is 1.80 bits per heavy atom. The number of benzene rings is 1. The van der Waals surface area contributed by atoms with Crippen LogP contribution in [0.3, 0.4) is 0 Å². The predicted octanol–water partition coefficient (Wildman–Crippen LogP) is 3.45. The lowest BCUT2D eigenvalue weighted by Gasteiger charge is -2.18. The Morgan fingerprint density at radius 3 is 2.40 bits per heavy atom. The van der Waals surface area contributed by atoms with Crippen LogP contribution in [0.15, 0.2) is 24.3 Å². The Kier molecular flexibility index (Phi) is 6.77. The summed E-state index contributed by atoms with van der Waals surface area (Å²) in [7, 11) is 0. The van der Waals surface area contributed by atoms with Gasteiger partial charge in [0.1, 0.15) is 0 Å². The molecule has 0 aliphatic heterocycles. The highest BCUT2D eigenvalue weighted by molar-refractivity contribution is 5.68. The first-order chi connectivity index (χ1) is 9.54. The molecule has 1 aromatic carbocycles. The Balaban J connectivity index is 2.72. The smallest absolute Gasteiger partial charge is 0.303 e. The van der Waals surface area contributed by atoms with E-state index in [1.54, 1.807) is 0 Å². The van der Waals surface area contributed by atoms with Crippen molar-refractivity contribution < 1.29 is 19.8 Å². The van der Waals surface area contributed by atoms with Crippen LogP contribution < -0.4 is 0 Å². The lowest BCUT2D eigenvalue weighted by atomic mass is 9.86. The van der Waals surface area contributed by atoms with Crippen LogP contribution in [0.25, 0.3) is 0 Å². The molecule has 20 heavy (non-hydrogen) atoms. The summed E-state index contributed by atoms with van der Waals surface area (Å²) in [5.41, 5.74) is 2.27. The normalized spacial score (nSPS) is 12.1. The molecule has 0 aromatic heterocycles. The molecule has 0 fully saturated rings. The zero-order valence-corrected chi connectivity index (χ0v) is 11.8. The average molecular weight is 278 g/mol. The van der Waals surface area contributed by atoms with E-state index in [1.807, 2.05) is 24.3 Å². The van der Waals surface area contributed by atoms with Crippen LogP contribution >= 0.6 is 0 Å². The van der Waals surface area contributed by atoms with Crippen LogP contribution in [-0.4, -0.2) is 22.2 Å². The van der Waals surface area contributed by atoms with Crippen molar-refractivity contribution in [2.24, 2.45) is 0 Å². The second-order valence-electron chi connectivity index (χ2n) is 4.99. The molecule has 0 aliphatic carbocycles. The minimum atomic E-state index is -0.806. The third-order valence-electron chi connectivity index (χ3n) is 3.49. The molecule has 0 amide bonds. The second-order valence-corrected chi connectivity index (χ2v) is 4.99. The standard InChI is InChI=1S/C16H22O4/c1-2-12-7-3-5-9-14(12)13(11-16(19)20)8-4-6-10-15(17)18/h3,5,7,9,13H,2,4,6,8,10-11H2,1H3,(H,17,18)(H,19,20). The second kappa shape index (κ2) is 8.35. The molecule has 0 spiro atoms. The van der Waals surface area contributed by atoms with Crippen molar-refractivity contribution in [1.82, 2.24) is 0 Å². The summed E-state index contributed by atoms with van der Waals surface area (Å²) in [6.45, 7) is 2.06. The topological polar surface area (TPSA) is 74.6 Å². The average Bonchev–Trinajstić information content (AvgIpc) is 2.41. The van der Waals surface area contributed by atoms with Crippen LogP contribution in [0.2, 0.25) is 0 Å². The molecule has 0 saturated heterocycles. The summed E-state index contributed by atoms with van der Waals surface area (Å²) >= 11 is 0. The summed E-state index contributed by atoms with van der Waals surface area (Å²) < 4.78 is 0. The minimum Gasteiger partial charge on any atom is -0.481 e. The van der Waals surface area contributed by atoms with Crippen molar-refractivity contribution in [3.63, 3.8) is 0 Å². The molecule has 1 unspecified atom stereocenters. The van der Waals surface area contributed by atoms with Crippen molar-refractivity contribution in [2.75, 3.05) is 0 Å². The number of carboxylic acid groups (broad SMARTS) is 2. The molecule has 1 rings (SSSR count). The van der Waals surface area contributed by atoms with Crippen LogP contribution in [0, 0.1) is 0 Å². The van der Waals surface area contributed by atoms with Gasteiger partial charge in [-0.15, -0.1) is 0 Å². The lowest BCUT2D eigenvalue weighted by molar-refractivity contribution is -0.138. The van der Waals surface area contributed by atoms with Crippen LogP contribution in [-0.2, 0) is 16.0 Å². The molecule has 4 nitrogen and oxygen atoms in total. The third-order valence-corrected chi connectivity index (χ3v) is 3.49. The van der Waals surface area contributed by atoms with Gasteiger partial charge in [-0.25, -0.2) is 0 Å². The number of carboxylic acids is 2. The number of hydrogen-bond acceptors (Lipinski definition) is 2. The maximum Gasteiger partial charge on any atom is 0.303 e. The Hall–Kier alpha value is -1.84. The zero-order valence-electron chi connectivity index (χ0n) is 11.8. The van der Waals surface area contributed by atoms with Gasteiger partial charge in [-0.05, 0) is 36.3 Å². The highest BCUT2D eigenvalue weighted by atomic mass is 16.4. The highest BCUT2D eigenvalue weighted by Crippen LogP contribution is 2.29. The van der Waals surface area contributed by atoms with E-state index in [9.17, 15) is 9.59 Å². The Bertz CT molecular complexity index is 454. The van der Waals surface area contributed by atoms with Gasteiger partial charge in [-0.2, -0.15) is 0 Å². The first kappa shape index (κ1) is 16.2. The van der Waals surface area contributed by atoms with E-state index in [-0.39, 0.29) is 18.8 Å². The zero-order chi connectivity index (χ0) is 15.0. The molecule has 110 valence electrons. The molecule has 4 heteroatoms. The minimum absolute atomic E-state index is 0.0301. The van der Waals surface area contributed by atoms with E-state index < -0.39 is 11.9 Å². The molecule has 0 saturated carbocycles. The number of aryl methyl sites for hydroxylation is 1. The van der Waals surface area contributed by atoms with E-state index in [0.29, 0.717) is 6.42 Å². The summed E-state index contributed by atoms with van der Waals surface area (Å²) in [5.74, 6) is -1.63. The Labute approximate surface area is 119 Å². The first-order valence-corrected chi connectivity index (χ1v) is 7.06. The molecule has 1 aromatic rings. The van der Waals surface area contributed by atoms with Gasteiger partial charge >= 0.3 is 11.9 Å². The molecule has 0 aliphatic rings. The van der Waals surface area contributed by atoms with Gasteiger partial charge in [-0.1, -0.05) is 37.6 Å². The summed E-state index contributed by atoms with van der Waals surface area (Å²) in [4.78, 5) is 21.5. The lowest BCUT2D eigenvalue weighted by Crippen LogP contribution is -2.09. The maximum atomic E-state index is 11.0. The van der Waals surface area contributed by atoms with Gasteiger partial charge in [-0.3, -0.25) is 9.59 Å². The third kappa shape index (κ3) is 5.43. The maximum absolute atomic E-state index is 11.0. The van der Waals surface area contributed by atoms with E-state index in [4.69, 9.17) is 10.2 Å². The van der Waals surface area contributed by atoms with Crippen molar-refractivity contribution in [3.05, 3.63) is 35.4 Å². The molecule has 2 N–H and O–H groups in total. The van der Waals surface area contributed by atoms with Gasteiger partial charge in [0, 0.05) is 6.42 Å². The fourth-order valence-electron chi connectivity index (χ4n) is 2.50. The molecular formula is C16H22O4. The molecule has 0 radical (unpaired) electrons. The van der Waals surface area contributed by atoms with Crippen LogP contribution in [0.5, 0.6) is 0 Å². The fourth-order valence-corrected chi connectivity index (χ4v) is 2.50. The van der Waals surface area contributed by atoms with E-state index in [0.717, 1.165) is 24.8 Å². The van der Waals surface area contributed by atoms with Crippen LogP contribution in [0.4, 0.5) is 0 Å². The molecule has 0 bridgehead atoms. The van der Waals surface area contributed by atoms with Gasteiger partial charge in [0.05, 0.1) is 6.42 Å². The number of carbonyl (C=O) groups is 2. The van der Waals surface area contributed by atoms with Crippen LogP contribution in [0.1, 0.15) is 56.1 Å². The summed E-state index contributed by atoms with van der Waals surface area (Å²) in [6, 6.07) is 7.91. The van der Waals surface area contributed by atoms with E-state index in [2.05, 4.69) is 6.92 Å². The van der Waals surface area contributed by atoms with Crippen molar-refractivity contribution in [2.45, 2.75) is 51.4 Å². The summed E-state index contributed by atoms with van der Waals surface area (Å²) in [5, 5.41) is 17.7. The SMILES string of the molecule is CCc1ccccc1C(CCCCC(=O)O)CC(=O)O. The molecular weight excluding hydrogens is 256 g/mol. The Morgan fingerprint density at radius 1 is 1.10 bits per heavy atom. The van der Waals surface area contributed by atoms with Crippen molar-refractivity contribution >= 4 is 11.9 Å². The number of rotatable bonds is 9. The monoisotopic (exact) mass is 278 g/mol. The largest absolute Gasteiger partial charge is 0.481 e. The highest BCUT2D eigenvalue weighted by Gasteiger charge is 2.17. The van der Waals surface area contributed by atoms with E-state index >= 15 is 0 Å². The fraction of sp³-hybridized carbons (Fsp3) is 0.500. The number of hydrogen-bond donors (Lipinski definition) is 2. The van der Waals surface area contributed by atoms with Gasteiger partial charge in [0.25, 0.3) is 0 Å². The van der Waals surface area contributed by atoms with E-state index in [1.165, 1.54) is 5.56 Å².